The highest BCUT2D eigenvalue weighted by Gasteiger charge is 2.13. The summed E-state index contributed by atoms with van der Waals surface area (Å²) in [5, 5.41) is 20.0. The predicted molar refractivity (Wildman–Crippen MR) is 114 cm³/mol. The summed E-state index contributed by atoms with van der Waals surface area (Å²) >= 11 is 0. The Morgan fingerprint density at radius 1 is 1.14 bits per heavy atom. The van der Waals surface area contributed by atoms with Gasteiger partial charge >= 0.3 is 0 Å². The molecule has 1 amide bonds. The van der Waals surface area contributed by atoms with Gasteiger partial charge in [0.05, 0.1) is 18.5 Å². The van der Waals surface area contributed by atoms with Crippen molar-refractivity contribution < 1.29 is 17.5 Å². The number of amides is 1. The topological polar surface area (TPSA) is 101 Å². The van der Waals surface area contributed by atoms with Gasteiger partial charge in [0, 0.05) is 21.0 Å². The molecule has 0 aliphatic heterocycles. The molecule has 0 saturated heterocycles. The monoisotopic (exact) mass is 393 g/mol. The Kier molecular flexibility index (Phi) is 4.74. The van der Waals surface area contributed by atoms with Crippen LogP contribution in [0.15, 0.2) is 60.7 Å². The molecule has 0 aliphatic rings. The van der Waals surface area contributed by atoms with Crippen molar-refractivity contribution >= 4 is 23.2 Å². The van der Waals surface area contributed by atoms with Crippen LogP contribution in [0.5, 0.6) is 11.5 Å². The van der Waals surface area contributed by atoms with E-state index >= 15 is 0 Å². The van der Waals surface area contributed by atoms with Crippen molar-refractivity contribution in [2.24, 2.45) is 0 Å². The third kappa shape index (κ3) is 3.55. The largest absolute Gasteiger partial charge is 0.508 e. The number of pyridine rings is 1. The zero-order valence-electron chi connectivity index (χ0n) is 15.9. The number of methoxy groups -OCH3 is 1. The normalized spacial score (nSPS) is 10.7. The van der Waals surface area contributed by atoms with E-state index < -0.39 is 0 Å². The van der Waals surface area contributed by atoms with Crippen LogP contribution >= 0.6 is 0 Å². The number of phenolic OH excluding ortho intramolecular Hbond substituents is 1. The average Bonchev–Trinajstić information content (AvgIpc) is 3.16. The van der Waals surface area contributed by atoms with Gasteiger partial charge in [0.15, 0.2) is 5.65 Å². The van der Waals surface area contributed by atoms with Gasteiger partial charge in [-0.3, -0.25) is 4.79 Å². The van der Waals surface area contributed by atoms with Crippen molar-refractivity contribution in [1.82, 2.24) is 19.9 Å². The van der Waals surface area contributed by atoms with E-state index in [9.17, 15) is 9.90 Å². The number of nitrogens with zero attached hydrogens (tertiary/aromatic N) is 3. The van der Waals surface area contributed by atoms with Crippen LogP contribution in [-0.2, 0) is 0 Å². The maximum absolute atomic E-state index is 11.8. The molecule has 2 heterocycles. The number of benzene rings is 2. The molecule has 29 heavy (non-hydrogen) atoms. The third-order valence-corrected chi connectivity index (χ3v) is 4.44. The highest BCUT2D eigenvalue weighted by atomic mass is 16.5. The number of ether oxygens (including phenoxy) is 1. The second-order valence-electron chi connectivity index (χ2n) is 6.29. The Morgan fingerprint density at radius 3 is 2.72 bits per heavy atom. The van der Waals surface area contributed by atoms with Crippen molar-refractivity contribution in [2.45, 2.75) is 0 Å². The number of anilines is 2. The minimum Gasteiger partial charge on any atom is -0.508 e. The number of phenols is 1. The summed E-state index contributed by atoms with van der Waals surface area (Å²) in [6, 6.07) is 17.7. The maximum Gasteiger partial charge on any atom is 0.251 e. The number of hydrogen-bond donors (Lipinski definition) is 3. The fraction of sp³-hybridized carbons (Fsp3) is 0.0952. The van der Waals surface area contributed by atoms with Gasteiger partial charge in [-0.25, -0.2) is 4.52 Å². The van der Waals surface area contributed by atoms with E-state index in [1.807, 2.05) is 24.3 Å². The van der Waals surface area contributed by atoms with Crippen LogP contribution < -0.4 is 15.4 Å². The van der Waals surface area contributed by atoms with E-state index in [1.165, 1.54) is 7.11 Å². The Bertz CT molecular complexity index is 1210. The third-order valence-electron chi connectivity index (χ3n) is 4.44. The number of carbonyl (C=O) groups excluding carboxylic acids is 1. The van der Waals surface area contributed by atoms with Gasteiger partial charge in [0.2, 0.25) is 5.95 Å². The predicted octanol–water partition coefficient (Wildman–Crippen LogP) is 3.71. The maximum atomic E-state index is 11.8. The van der Waals surface area contributed by atoms with E-state index in [0.29, 0.717) is 28.6 Å². The summed E-state index contributed by atoms with van der Waals surface area (Å²) < 4.78 is 7.10. The van der Waals surface area contributed by atoms with Crippen molar-refractivity contribution in [3.05, 3.63) is 66.2 Å². The number of carbonyl (C=O) groups is 1. The van der Waals surface area contributed by atoms with Crippen molar-refractivity contribution in [3.8, 4) is 22.8 Å². The molecule has 0 unspecified atom stereocenters. The number of hydrogen-bond acceptors (Lipinski definition) is 6. The molecule has 2 aromatic carbocycles. The van der Waals surface area contributed by atoms with Crippen LogP contribution in [0, 0.1) is 0 Å². The smallest absolute Gasteiger partial charge is 0.251 e. The molecule has 3 N–H and O–H groups in total. The van der Waals surface area contributed by atoms with Gasteiger partial charge in [-0.15, -0.1) is 5.10 Å². The molecule has 0 atom stereocenters. The first kappa shape index (κ1) is 18.3. The summed E-state index contributed by atoms with van der Waals surface area (Å²) in [7, 11) is 3.11. The van der Waals surface area contributed by atoms with Crippen LogP contribution in [0.2, 0.25) is 0 Å². The average molecular weight is 393 g/mol. The lowest BCUT2D eigenvalue weighted by molar-refractivity contribution is 0.0963. The molecule has 0 fully saturated rings. The van der Waals surface area contributed by atoms with Crippen LogP contribution in [0.25, 0.3) is 16.9 Å². The van der Waals surface area contributed by atoms with Crippen molar-refractivity contribution in [1.29, 1.82) is 0 Å². The van der Waals surface area contributed by atoms with E-state index in [4.69, 9.17) is 4.74 Å². The number of fused-ring (bicyclic) bond motifs is 1. The zero-order valence-corrected chi connectivity index (χ0v) is 15.9. The summed E-state index contributed by atoms with van der Waals surface area (Å²) in [6.45, 7) is 0. The van der Waals surface area contributed by atoms with Gasteiger partial charge in [0.25, 0.3) is 5.91 Å². The fourth-order valence-electron chi connectivity index (χ4n) is 3.04. The number of aromatic hydroxyl groups is 1. The molecule has 2 aromatic heterocycles. The van der Waals surface area contributed by atoms with Crippen LogP contribution in [0.1, 0.15) is 13.2 Å². The Balaban J connectivity index is 0.00000171. The zero-order chi connectivity index (χ0) is 20.4. The molecule has 0 bridgehead atoms. The van der Waals surface area contributed by atoms with Gasteiger partial charge in [0.1, 0.15) is 11.5 Å². The van der Waals surface area contributed by atoms with Crippen LogP contribution in [-0.4, -0.2) is 39.8 Å². The van der Waals surface area contributed by atoms with Gasteiger partial charge in [-0.1, -0.05) is 18.2 Å². The quantitative estimate of drug-likeness (QED) is 0.478. The first-order valence-electron chi connectivity index (χ1n) is 8.91. The van der Waals surface area contributed by atoms with E-state index in [2.05, 4.69) is 20.7 Å². The molecule has 0 saturated carbocycles. The Hall–Kier alpha value is -4.07. The molecule has 8 heteroatoms. The van der Waals surface area contributed by atoms with Gasteiger partial charge < -0.3 is 20.5 Å². The SMILES string of the molecule is CNC(=O)c1ccc(Nc2nc3cccc(-c4cccc(O)c4)n3n2)c(OC)c1.[HH].[HH]. The Labute approximate surface area is 169 Å². The van der Waals surface area contributed by atoms with Crippen molar-refractivity contribution in [2.75, 3.05) is 19.5 Å². The second kappa shape index (κ2) is 7.51. The molecular formula is C21H23N5O3. The highest BCUT2D eigenvalue weighted by Crippen LogP contribution is 2.29. The summed E-state index contributed by atoms with van der Waals surface area (Å²) in [4.78, 5) is 16.3. The first-order chi connectivity index (χ1) is 14.1. The van der Waals surface area contributed by atoms with Gasteiger partial charge in [-0.2, -0.15) is 4.98 Å². The molecule has 0 spiro atoms. The number of rotatable bonds is 5. The lowest BCUT2D eigenvalue weighted by Gasteiger charge is -2.10. The summed E-state index contributed by atoms with van der Waals surface area (Å²) in [6.07, 6.45) is 0. The lowest BCUT2D eigenvalue weighted by Crippen LogP contribution is -2.17. The van der Waals surface area contributed by atoms with Gasteiger partial charge in [-0.05, 0) is 42.5 Å². The first-order valence-corrected chi connectivity index (χ1v) is 8.91. The van der Waals surface area contributed by atoms with E-state index in [0.717, 1.165) is 11.3 Å². The van der Waals surface area contributed by atoms with Crippen LogP contribution in [0.3, 0.4) is 0 Å². The molecule has 8 nitrogen and oxygen atoms in total. The molecule has 0 radical (unpaired) electrons. The molecule has 150 valence electrons. The van der Waals surface area contributed by atoms with E-state index in [1.54, 1.807) is 48.0 Å². The minimum atomic E-state index is -0.198. The second-order valence-corrected chi connectivity index (χ2v) is 6.29. The molecule has 0 aliphatic carbocycles. The summed E-state index contributed by atoms with van der Waals surface area (Å²) in [5.74, 6) is 0.858. The van der Waals surface area contributed by atoms with Crippen LogP contribution in [0.4, 0.5) is 11.6 Å². The Morgan fingerprint density at radius 2 is 1.97 bits per heavy atom. The van der Waals surface area contributed by atoms with E-state index in [-0.39, 0.29) is 14.5 Å². The number of nitrogens with one attached hydrogen (secondary N) is 2. The fourth-order valence-corrected chi connectivity index (χ4v) is 3.04. The molecular weight excluding hydrogens is 370 g/mol. The molecule has 4 rings (SSSR count). The summed E-state index contributed by atoms with van der Waals surface area (Å²) in [5.41, 5.74) is 3.38. The minimum absolute atomic E-state index is 0. The van der Waals surface area contributed by atoms with Crippen molar-refractivity contribution in [3.63, 3.8) is 0 Å². The highest BCUT2D eigenvalue weighted by molar-refractivity contribution is 5.95. The number of aromatic nitrogens is 3. The lowest BCUT2D eigenvalue weighted by atomic mass is 10.1. The molecule has 4 aromatic rings. The standard InChI is InChI=1S/C21H19N5O3.2H2/c1-22-20(28)14-9-10-16(18(12-14)29-2)23-21-24-19-8-4-7-17(26(19)25-21)13-5-3-6-15(27)11-13;;/h3-12,27H,1-2H3,(H,22,28)(H,23,25);2*1H.